The Labute approximate surface area is 198 Å². The SMILES string of the molecule is CCN(CC)CCN1C(=O)C(=O)/C(=C(/O)c2nc3c(C)cccn3c2C)C1c1cccc(O)c1. The molecular formula is C26H30N4O4. The molecule has 2 aromatic heterocycles. The summed E-state index contributed by atoms with van der Waals surface area (Å²) < 4.78 is 1.85. The minimum Gasteiger partial charge on any atom is -0.508 e. The number of nitrogens with zero attached hydrogens (tertiary/aromatic N) is 4. The van der Waals surface area contributed by atoms with Crippen molar-refractivity contribution in [1.29, 1.82) is 0 Å². The van der Waals surface area contributed by atoms with E-state index in [0.29, 0.717) is 30.0 Å². The number of benzene rings is 1. The highest BCUT2D eigenvalue weighted by molar-refractivity contribution is 6.46. The summed E-state index contributed by atoms with van der Waals surface area (Å²) in [6, 6.07) is 9.44. The number of aromatic nitrogens is 2. The molecule has 0 spiro atoms. The van der Waals surface area contributed by atoms with Gasteiger partial charge >= 0.3 is 0 Å². The van der Waals surface area contributed by atoms with Crippen molar-refractivity contribution in [3.63, 3.8) is 0 Å². The van der Waals surface area contributed by atoms with E-state index in [1.54, 1.807) is 12.1 Å². The molecular weight excluding hydrogens is 432 g/mol. The number of hydrogen-bond acceptors (Lipinski definition) is 6. The van der Waals surface area contributed by atoms with Gasteiger partial charge in [0.25, 0.3) is 11.7 Å². The fourth-order valence-corrected chi connectivity index (χ4v) is 4.62. The fourth-order valence-electron chi connectivity index (χ4n) is 4.62. The maximum Gasteiger partial charge on any atom is 0.295 e. The summed E-state index contributed by atoms with van der Waals surface area (Å²) >= 11 is 0. The van der Waals surface area contributed by atoms with Gasteiger partial charge in [-0.05, 0) is 56.3 Å². The van der Waals surface area contributed by atoms with E-state index in [1.165, 1.54) is 17.0 Å². The van der Waals surface area contributed by atoms with E-state index in [2.05, 4.69) is 9.88 Å². The van der Waals surface area contributed by atoms with Gasteiger partial charge in [0.05, 0.1) is 17.3 Å². The number of Topliss-reactive ketones (excluding diaryl/α,β-unsaturated/α-hetero) is 1. The molecule has 0 radical (unpaired) electrons. The van der Waals surface area contributed by atoms with Crippen LogP contribution in [0.3, 0.4) is 0 Å². The van der Waals surface area contributed by atoms with Crippen molar-refractivity contribution in [3.05, 3.63) is 70.7 Å². The molecule has 3 heterocycles. The second kappa shape index (κ2) is 9.30. The number of imidazole rings is 1. The van der Waals surface area contributed by atoms with Crippen LogP contribution in [0, 0.1) is 13.8 Å². The van der Waals surface area contributed by atoms with E-state index in [1.807, 2.05) is 50.4 Å². The Morgan fingerprint density at radius 3 is 2.50 bits per heavy atom. The van der Waals surface area contributed by atoms with E-state index in [0.717, 1.165) is 18.7 Å². The zero-order chi connectivity index (χ0) is 24.6. The number of likely N-dealkylation sites (tertiary alicyclic amines) is 1. The van der Waals surface area contributed by atoms with E-state index in [-0.39, 0.29) is 22.8 Å². The molecule has 0 saturated carbocycles. The van der Waals surface area contributed by atoms with Gasteiger partial charge in [-0.3, -0.25) is 9.59 Å². The zero-order valence-corrected chi connectivity index (χ0v) is 19.9. The monoisotopic (exact) mass is 462 g/mol. The van der Waals surface area contributed by atoms with Crippen LogP contribution in [0.5, 0.6) is 5.75 Å². The molecule has 3 aromatic rings. The number of rotatable bonds is 7. The summed E-state index contributed by atoms with van der Waals surface area (Å²) in [6.07, 6.45) is 1.84. The Balaban J connectivity index is 1.88. The molecule has 8 nitrogen and oxygen atoms in total. The van der Waals surface area contributed by atoms with E-state index < -0.39 is 17.7 Å². The summed E-state index contributed by atoms with van der Waals surface area (Å²) in [7, 11) is 0. The molecule has 1 fully saturated rings. The number of hydrogen-bond donors (Lipinski definition) is 2. The first-order chi connectivity index (χ1) is 16.3. The lowest BCUT2D eigenvalue weighted by Crippen LogP contribution is -2.38. The van der Waals surface area contributed by atoms with Crippen LogP contribution >= 0.6 is 0 Å². The highest BCUT2D eigenvalue weighted by Crippen LogP contribution is 2.40. The topological polar surface area (TPSA) is 98.4 Å². The predicted octanol–water partition coefficient (Wildman–Crippen LogP) is 3.42. The number of aromatic hydroxyl groups is 1. The minimum atomic E-state index is -0.826. The number of aliphatic hydroxyl groups excluding tert-OH is 1. The van der Waals surface area contributed by atoms with Crippen molar-refractivity contribution in [3.8, 4) is 5.75 Å². The van der Waals surface area contributed by atoms with Crippen LogP contribution in [0.25, 0.3) is 11.4 Å². The standard InChI is InChI=1S/C26H30N4O4/c1-5-28(6-2)13-14-30-22(18-10-7-11-19(31)15-18)20(24(33)26(30)34)23(32)21-17(4)29-12-8-9-16(3)25(29)27-21/h7-12,15,22,31-32H,5-6,13-14H2,1-4H3/b23-20+. The van der Waals surface area contributed by atoms with Crippen molar-refractivity contribution in [1.82, 2.24) is 19.2 Å². The normalized spacial score (nSPS) is 17.9. The van der Waals surface area contributed by atoms with Gasteiger partial charge in [0.2, 0.25) is 0 Å². The molecule has 8 heteroatoms. The first kappa shape index (κ1) is 23.5. The number of phenolic OH excluding ortho intramolecular Hbond substituents is 1. The molecule has 2 N–H and O–H groups in total. The number of phenols is 1. The molecule has 4 rings (SSSR count). The first-order valence-electron chi connectivity index (χ1n) is 11.5. The number of aryl methyl sites for hydroxylation is 2. The molecule has 1 aromatic carbocycles. The predicted molar refractivity (Wildman–Crippen MR) is 130 cm³/mol. The lowest BCUT2D eigenvalue weighted by molar-refractivity contribution is -0.140. The summed E-state index contributed by atoms with van der Waals surface area (Å²) in [5, 5.41) is 21.5. The Bertz CT molecular complexity index is 1290. The number of carbonyl (C=O) groups is 2. The van der Waals surface area contributed by atoms with Gasteiger partial charge in [-0.2, -0.15) is 0 Å². The smallest absolute Gasteiger partial charge is 0.295 e. The van der Waals surface area contributed by atoms with Gasteiger partial charge < -0.3 is 24.4 Å². The van der Waals surface area contributed by atoms with Crippen molar-refractivity contribution >= 4 is 23.1 Å². The average molecular weight is 463 g/mol. The quantitative estimate of drug-likeness (QED) is 0.317. The van der Waals surface area contributed by atoms with Crippen molar-refractivity contribution in [2.45, 2.75) is 33.7 Å². The lowest BCUT2D eigenvalue weighted by atomic mass is 9.96. The number of pyridine rings is 1. The molecule has 34 heavy (non-hydrogen) atoms. The molecule has 1 amide bonds. The van der Waals surface area contributed by atoms with Gasteiger partial charge in [0.1, 0.15) is 17.1 Å². The number of likely N-dealkylation sites (N-methyl/N-ethyl adjacent to an activating group) is 1. The van der Waals surface area contributed by atoms with Gasteiger partial charge in [0.15, 0.2) is 5.76 Å². The number of aliphatic hydroxyl groups is 1. The third-order valence-corrected chi connectivity index (χ3v) is 6.59. The lowest BCUT2D eigenvalue weighted by Gasteiger charge is -2.28. The maximum atomic E-state index is 13.3. The maximum absolute atomic E-state index is 13.3. The van der Waals surface area contributed by atoms with E-state index in [9.17, 15) is 19.8 Å². The Kier molecular flexibility index (Phi) is 6.43. The fraction of sp³-hybridized carbons (Fsp3) is 0.346. The highest BCUT2D eigenvalue weighted by Gasteiger charge is 2.46. The minimum absolute atomic E-state index is 0.0145. The second-order valence-electron chi connectivity index (χ2n) is 8.54. The molecule has 178 valence electrons. The van der Waals surface area contributed by atoms with Crippen LogP contribution in [-0.2, 0) is 9.59 Å². The number of fused-ring (bicyclic) bond motifs is 1. The van der Waals surface area contributed by atoms with Gasteiger partial charge in [-0.25, -0.2) is 4.98 Å². The highest BCUT2D eigenvalue weighted by atomic mass is 16.3. The van der Waals surface area contributed by atoms with Crippen LogP contribution in [0.4, 0.5) is 0 Å². The second-order valence-corrected chi connectivity index (χ2v) is 8.54. The van der Waals surface area contributed by atoms with E-state index in [4.69, 9.17) is 0 Å². The summed E-state index contributed by atoms with van der Waals surface area (Å²) in [4.78, 5) is 34.6. The van der Waals surface area contributed by atoms with Crippen LogP contribution in [0.2, 0.25) is 0 Å². The van der Waals surface area contributed by atoms with Crippen LogP contribution in [-0.4, -0.2) is 67.3 Å². The van der Waals surface area contributed by atoms with Gasteiger partial charge in [-0.1, -0.05) is 32.0 Å². The molecule has 1 aliphatic heterocycles. The molecule has 0 bridgehead atoms. The van der Waals surface area contributed by atoms with E-state index >= 15 is 0 Å². The van der Waals surface area contributed by atoms with Gasteiger partial charge in [-0.15, -0.1) is 0 Å². The van der Waals surface area contributed by atoms with Crippen LogP contribution < -0.4 is 0 Å². The Hall–Kier alpha value is -3.65. The third-order valence-electron chi connectivity index (χ3n) is 6.59. The first-order valence-corrected chi connectivity index (χ1v) is 11.5. The van der Waals surface area contributed by atoms with Crippen LogP contribution in [0.1, 0.15) is 42.4 Å². The Morgan fingerprint density at radius 2 is 1.85 bits per heavy atom. The molecule has 1 saturated heterocycles. The Morgan fingerprint density at radius 1 is 1.12 bits per heavy atom. The number of carbonyl (C=O) groups excluding carboxylic acids is 2. The van der Waals surface area contributed by atoms with Crippen molar-refractivity contribution in [2.75, 3.05) is 26.2 Å². The van der Waals surface area contributed by atoms with Gasteiger partial charge in [0, 0.05) is 19.3 Å². The molecule has 1 unspecified atom stereocenters. The number of ketones is 1. The summed E-state index contributed by atoms with van der Waals surface area (Å²) in [5.74, 6) is -1.71. The molecule has 1 atom stereocenters. The molecule has 1 aliphatic rings. The summed E-state index contributed by atoms with van der Waals surface area (Å²) in [5.41, 5.74) is 3.07. The van der Waals surface area contributed by atoms with Crippen LogP contribution in [0.15, 0.2) is 48.2 Å². The third kappa shape index (κ3) is 3.94. The molecule has 0 aliphatic carbocycles. The van der Waals surface area contributed by atoms with Crippen molar-refractivity contribution < 1.29 is 19.8 Å². The number of amides is 1. The summed E-state index contributed by atoms with van der Waals surface area (Å²) in [6.45, 7) is 10.3. The average Bonchev–Trinajstić information content (AvgIpc) is 3.29. The zero-order valence-electron chi connectivity index (χ0n) is 19.9. The van der Waals surface area contributed by atoms with Crippen molar-refractivity contribution in [2.24, 2.45) is 0 Å². The largest absolute Gasteiger partial charge is 0.508 e.